The van der Waals surface area contributed by atoms with E-state index >= 15 is 0 Å². The van der Waals surface area contributed by atoms with Gasteiger partial charge in [-0.1, -0.05) is 24.6 Å². The van der Waals surface area contributed by atoms with Crippen molar-refractivity contribution in [3.8, 4) is 6.07 Å². The zero-order valence-electron chi connectivity index (χ0n) is 10.6. The molecule has 1 aromatic carbocycles. The highest BCUT2D eigenvalue weighted by molar-refractivity contribution is 6.31. The number of benzene rings is 1. The zero-order valence-corrected chi connectivity index (χ0v) is 11.4. The summed E-state index contributed by atoms with van der Waals surface area (Å²) in [5.41, 5.74) is 1.31. The first-order valence-corrected chi connectivity index (χ1v) is 6.47. The maximum absolute atomic E-state index is 12.0. The summed E-state index contributed by atoms with van der Waals surface area (Å²) < 4.78 is 3.29. The van der Waals surface area contributed by atoms with E-state index in [1.165, 1.54) is 0 Å². The minimum Gasteiger partial charge on any atom is -0.299 e. The molecule has 0 aliphatic carbocycles. The van der Waals surface area contributed by atoms with Crippen LogP contribution >= 0.6 is 11.6 Å². The fourth-order valence-electron chi connectivity index (χ4n) is 1.91. The molecule has 2 aromatic rings. The van der Waals surface area contributed by atoms with E-state index in [9.17, 15) is 4.79 Å². The lowest BCUT2D eigenvalue weighted by Crippen LogP contribution is -2.24. The summed E-state index contributed by atoms with van der Waals surface area (Å²) in [4.78, 5) is 12.0. The number of hydrogen-bond donors (Lipinski definition) is 0. The Kier molecular flexibility index (Phi) is 4.08. The number of aryl methyl sites for hydroxylation is 1. The van der Waals surface area contributed by atoms with Gasteiger partial charge in [0.05, 0.1) is 18.2 Å². The minimum absolute atomic E-state index is 0.0396. The minimum atomic E-state index is -0.0396. The molecular weight excluding hydrogens is 262 g/mol. The standard InChI is InChI=1S/C14H14ClN3O/c1-2-5-17-6-7-18(14(17)19)10-12-4-3-11(9-16)8-13(12)15/h3-4,6-8H,2,5,10H2,1H3. The predicted octanol–water partition coefficient (Wildman–Crippen LogP) is 2.63. The number of nitriles is 1. The predicted molar refractivity (Wildman–Crippen MR) is 74.3 cm³/mol. The van der Waals surface area contributed by atoms with Crippen molar-refractivity contribution in [1.82, 2.24) is 9.13 Å². The normalized spacial score (nSPS) is 10.4. The summed E-state index contributed by atoms with van der Waals surface area (Å²) in [5, 5.41) is 9.29. The van der Waals surface area contributed by atoms with E-state index in [0.29, 0.717) is 23.7 Å². The van der Waals surface area contributed by atoms with Crippen LogP contribution in [0.2, 0.25) is 5.02 Å². The van der Waals surface area contributed by atoms with Crippen LogP contribution < -0.4 is 5.69 Å². The molecule has 1 heterocycles. The van der Waals surface area contributed by atoms with Gasteiger partial charge in [0.1, 0.15) is 0 Å². The summed E-state index contributed by atoms with van der Waals surface area (Å²) in [6.45, 7) is 3.16. The number of rotatable bonds is 4. The third kappa shape index (κ3) is 2.88. The molecule has 0 N–H and O–H groups in total. The number of hydrogen-bond acceptors (Lipinski definition) is 2. The van der Waals surface area contributed by atoms with Crippen LogP contribution in [0.15, 0.2) is 35.4 Å². The van der Waals surface area contributed by atoms with Gasteiger partial charge in [0, 0.05) is 24.0 Å². The first kappa shape index (κ1) is 13.4. The van der Waals surface area contributed by atoms with E-state index in [4.69, 9.17) is 16.9 Å². The molecule has 1 aromatic heterocycles. The van der Waals surface area contributed by atoms with Crippen LogP contribution in [0.4, 0.5) is 0 Å². The second kappa shape index (κ2) is 5.77. The zero-order chi connectivity index (χ0) is 13.8. The Morgan fingerprint density at radius 2 is 2.05 bits per heavy atom. The largest absolute Gasteiger partial charge is 0.328 e. The van der Waals surface area contributed by atoms with Gasteiger partial charge < -0.3 is 0 Å². The van der Waals surface area contributed by atoms with Gasteiger partial charge in [0.25, 0.3) is 0 Å². The third-order valence-electron chi connectivity index (χ3n) is 2.91. The molecule has 0 fully saturated rings. The highest BCUT2D eigenvalue weighted by atomic mass is 35.5. The lowest BCUT2D eigenvalue weighted by molar-refractivity contribution is 0.624. The van der Waals surface area contributed by atoms with Crippen LogP contribution in [0.3, 0.4) is 0 Å². The molecular formula is C14H14ClN3O. The SMILES string of the molecule is CCCn1ccn(Cc2ccc(C#N)cc2Cl)c1=O. The van der Waals surface area contributed by atoms with E-state index < -0.39 is 0 Å². The van der Waals surface area contributed by atoms with Gasteiger partial charge >= 0.3 is 5.69 Å². The number of nitrogens with zero attached hydrogens (tertiary/aromatic N) is 3. The van der Waals surface area contributed by atoms with Crippen LogP contribution in [-0.4, -0.2) is 9.13 Å². The Labute approximate surface area is 116 Å². The molecule has 0 aliphatic rings. The number of halogens is 1. The molecule has 0 saturated carbocycles. The van der Waals surface area contributed by atoms with Crippen LogP contribution in [-0.2, 0) is 13.1 Å². The van der Waals surface area contributed by atoms with Crippen LogP contribution in [0.25, 0.3) is 0 Å². The second-order valence-electron chi connectivity index (χ2n) is 4.32. The molecule has 0 saturated heterocycles. The van der Waals surface area contributed by atoms with E-state index in [0.717, 1.165) is 12.0 Å². The molecule has 0 radical (unpaired) electrons. The van der Waals surface area contributed by atoms with Gasteiger partial charge in [-0.15, -0.1) is 0 Å². The summed E-state index contributed by atoms with van der Waals surface area (Å²) in [7, 11) is 0. The fourth-order valence-corrected chi connectivity index (χ4v) is 2.15. The van der Waals surface area contributed by atoms with Crippen molar-refractivity contribution in [1.29, 1.82) is 5.26 Å². The molecule has 19 heavy (non-hydrogen) atoms. The van der Waals surface area contributed by atoms with E-state index in [1.54, 1.807) is 39.7 Å². The molecule has 0 aliphatic heterocycles. The molecule has 0 spiro atoms. The quantitative estimate of drug-likeness (QED) is 0.861. The van der Waals surface area contributed by atoms with E-state index in [2.05, 4.69) is 0 Å². The fraction of sp³-hybridized carbons (Fsp3) is 0.286. The number of imidazole rings is 1. The van der Waals surface area contributed by atoms with Gasteiger partial charge in [-0.3, -0.25) is 9.13 Å². The maximum atomic E-state index is 12.0. The summed E-state index contributed by atoms with van der Waals surface area (Å²) >= 11 is 6.11. The molecule has 0 amide bonds. The lowest BCUT2D eigenvalue weighted by Gasteiger charge is -2.05. The first-order chi connectivity index (χ1) is 9.15. The first-order valence-electron chi connectivity index (χ1n) is 6.09. The Hall–Kier alpha value is -1.99. The Bertz CT molecular complexity index is 679. The van der Waals surface area contributed by atoms with Gasteiger partial charge in [0.2, 0.25) is 0 Å². The molecule has 5 heteroatoms. The smallest absolute Gasteiger partial charge is 0.299 e. The van der Waals surface area contributed by atoms with Crippen molar-refractivity contribution >= 4 is 11.6 Å². The van der Waals surface area contributed by atoms with Crippen molar-refractivity contribution in [2.24, 2.45) is 0 Å². The third-order valence-corrected chi connectivity index (χ3v) is 3.26. The molecule has 0 unspecified atom stereocenters. The lowest BCUT2D eigenvalue weighted by atomic mass is 10.1. The van der Waals surface area contributed by atoms with E-state index in [1.807, 2.05) is 13.0 Å². The summed E-state index contributed by atoms with van der Waals surface area (Å²) in [6.07, 6.45) is 4.46. The maximum Gasteiger partial charge on any atom is 0.328 e. The Balaban J connectivity index is 2.27. The van der Waals surface area contributed by atoms with Gasteiger partial charge in [-0.25, -0.2) is 4.79 Å². The highest BCUT2D eigenvalue weighted by Gasteiger charge is 2.06. The average Bonchev–Trinajstić information content (AvgIpc) is 2.74. The molecule has 0 atom stereocenters. The van der Waals surface area contributed by atoms with Crippen molar-refractivity contribution < 1.29 is 0 Å². The average molecular weight is 276 g/mol. The topological polar surface area (TPSA) is 50.7 Å². The molecule has 98 valence electrons. The van der Waals surface area contributed by atoms with Crippen molar-refractivity contribution in [2.45, 2.75) is 26.4 Å². The second-order valence-corrected chi connectivity index (χ2v) is 4.73. The van der Waals surface area contributed by atoms with Crippen LogP contribution in [0, 0.1) is 11.3 Å². The van der Waals surface area contributed by atoms with E-state index in [-0.39, 0.29) is 5.69 Å². The molecule has 0 bridgehead atoms. The van der Waals surface area contributed by atoms with Crippen molar-refractivity contribution in [3.05, 3.63) is 57.2 Å². The summed E-state index contributed by atoms with van der Waals surface area (Å²) in [5.74, 6) is 0. The monoisotopic (exact) mass is 275 g/mol. The Morgan fingerprint density at radius 1 is 1.32 bits per heavy atom. The number of aromatic nitrogens is 2. The van der Waals surface area contributed by atoms with Crippen molar-refractivity contribution in [3.63, 3.8) is 0 Å². The Morgan fingerprint density at radius 3 is 2.68 bits per heavy atom. The van der Waals surface area contributed by atoms with Crippen LogP contribution in [0.5, 0.6) is 0 Å². The summed E-state index contributed by atoms with van der Waals surface area (Å²) in [6, 6.07) is 7.14. The highest BCUT2D eigenvalue weighted by Crippen LogP contribution is 2.18. The molecule has 4 nitrogen and oxygen atoms in total. The van der Waals surface area contributed by atoms with Gasteiger partial charge in [-0.2, -0.15) is 5.26 Å². The van der Waals surface area contributed by atoms with Gasteiger partial charge in [-0.05, 0) is 24.1 Å². The molecule has 2 rings (SSSR count). The van der Waals surface area contributed by atoms with Crippen LogP contribution in [0.1, 0.15) is 24.5 Å². The van der Waals surface area contributed by atoms with Gasteiger partial charge in [0.15, 0.2) is 0 Å². The van der Waals surface area contributed by atoms with Crippen molar-refractivity contribution in [2.75, 3.05) is 0 Å².